The van der Waals surface area contributed by atoms with Crippen molar-refractivity contribution >= 4 is 33.2 Å². The summed E-state index contributed by atoms with van der Waals surface area (Å²) in [7, 11) is -3.58. The standard InChI is InChI=1S/C16H17Cl2NO2S/c1-11(2)12-6-8-14(9-7-12)22(20,21)19-10-13-4-3-5-15(17)16(13)18/h3-9,11,19H,10H2,1-2H3. The molecule has 0 spiro atoms. The van der Waals surface area contributed by atoms with Crippen LogP contribution in [-0.4, -0.2) is 8.42 Å². The molecule has 0 saturated carbocycles. The Morgan fingerprint density at radius 2 is 1.68 bits per heavy atom. The van der Waals surface area contributed by atoms with Crippen molar-refractivity contribution in [3.8, 4) is 0 Å². The average molecular weight is 358 g/mol. The molecule has 0 aromatic heterocycles. The lowest BCUT2D eigenvalue weighted by Gasteiger charge is -2.10. The molecular formula is C16H17Cl2NO2S. The molecule has 22 heavy (non-hydrogen) atoms. The highest BCUT2D eigenvalue weighted by molar-refractivity contribution is 7.89. The van der Waals surface area contributed by atoms with Gasteiger partial charge in [0.05, 0.1) is 14.9 Å². The van der Waals surface area contributed by atoms with Crippen molar-refractivity contribution in [2.75, 3.05) is 0 Å². The maximum absolute atomic E-state index is 12.3. The van der Waals surface area contributed by atoms with E-state index in [1.165, 1.54) is 0 Å². The van der Waals surface area contributed by atoms with Gasteiger partial charge in [0, 0.05) is 6.54 Å². The Hall–Kier alpha value is -1.07. The second-order valence-corrected chi connectivity index (χ2v) is 7.81. The molecule has 2 aromatic carbocycles. The van der Waals surface area contributed by atoms with Crippen LogP contribution in [0.5, 0.6) is 0 Å². The molecule has 0 aliphatic carbocycles. The zero-order valence-corrected chi connectivity index (χ0v) is 14.6. The fraction of sp³-hybridized carbons (Fsp3) is 0.250. The first-order valence-electron chi connectivity index (χ1n) is 6.84. The molecule has 6 heteroatoms. The van der Waals surface area contributed by atoms with Crippen LogP contribution in [0.2, 0.25) is 10.0 Å². The fourth-order valence-corrected chi connectivity index (χ4v) is 3.37. The number of rotatable bonds is 5. The Morgan fingerprint density at radius 1 is 1.05 bits per heavy atom. The summed E-state index contributed by atoms with van der Waals surface area (Å²) in [6.45, 7) is 4.21. The Kier molecular flexibility index (Phi) is 5.50. The molecule has 2 aromatic rings. The Labute approximate surface area is 141 Å². The molecule has 0 bridgehead atoms. The van der Waals surface area contributed by atoms with E-state index in [0.29, 0.717) is 21.5 Å². The van der Waals surface area contributed by atoms with E-state index in [1.54, 1.807) is 30.3 Å². The van der Waals surface area contributed by atoms with Crippen LogP contribution in [-0.2, 0) is 16.6 Å². The molecule has 0 radical (unpaired) electrons. The van der Waals surface area contributed by atoms with Crippen molar-refractivity contribution in [1.29, 1.82) is 0 Å². The quantitative estimate of drug-likeness (QED) is 0.849. The van der Waals surface area contributed by atoms with Gasteiger partial charge in [0.15, 0.2) is 0 Å². The topological polar surface area (TPSA) is 46.2 Å². The molecule has 0 aliphatic heterocycles. The molecule has 0 unspecified atom stereocenters. The van der Waals surface area contributed by atoms with E-state index in [0.717, 1.165) is 5.56 Å². The minimum absolute atomic E-state index is 0.0909. The molecule has 118 valence electrons. The van der Waals surface area contributed by atoms with Crippen molar-refractivity contribution in [3.63, 3.8) is 0 Å². The molecule has 0 saturated heterocycles. The lowest BCUT2D eigenvalue weighted by Crippen LogP contribution is -2.23. The van der Waals surface area contributed by atoms with Crippen LogP contribution in [0.15, 0.2) is 47.4 Å². The van der Waals surface area contributed by atoms with E-state index in [4.69, 9.17) is 23.2 Å². The molecular weight excluding hydrogens is 341 g/mol. The lowest BCUT2D eigenvalue weighted by atomic mass is 10.0. The Bertz CT molecular complexity index is 756. The van der Waals surface area contributed by atoms with Gasteiger partial charge in [-0.3, -0.25) is 0 Å². The van der Waals surface area contributed by atoms with Crippen molar-refractivity contribution in [3.05, 3.63) is 63.6 Å². The predicted molar refractivity (Wildman–Crippen MR) is 91.0 cm³/mol. The zero-order chi connectivity index (χ0) is 16.3. The number of hydrogen-bond acceptors (Lipinski definition) is 2. The van der Waals surface area contributed by atoms with Crippen LogP contribution < -0.4 is 4.72 Å². The second-order valence-electron chi connectivity index (χ2n) is 5.26. The van der Waals surface area contributed by atoms with Crippen LogP contribution in [0.1, 0.15) is 30.9 Å². The van der Waals surface area contributed by atoms with Crippen LogP contribution in [0.3, 0.4) is 0 Å². The largest absolute Gasteiger partial charge is 0.240 e. The number of halogens is 2. The molecule has 0 aliphatic rings. The monoisotopic (exact) mass is 357 g/mol. The third-order valence-corrected chi connectivity index (χ3v) is 5.62. The summed E-state index contributed by atoms with van der Waals surface area (Å²) in [5, 5.41) is 0.765. The molecule has 2 rings (SSSR count). The summed E-state index contributed by atoms with van der Waals surface area (Å²) in [5.41, 5.74) is 1.73. The maximum atomic E-state index is 12.3. The predicted octanol–water partition coefficient (Wildman–Crippen LogP) is 4.60. The number of nitrogens with one attached hydrogen (secondary N) is 1. The summed E-state index contributed by atoms with van der Waals surface area (Å²) in [5.74, 6) is 0.356. The number of hydrogen-bond donors (Lipinski definition) is 1. The lowest BCUT2D eigenvalue weighted by molar-refractivity contribution is 0.581. The van der Waals surface area contributed by atoms with Gasteiger partial charge in [-0.15, -0.1) is 0 Å². The molecule has 0 atom stereocenters. The minimum atomic E-state index is -3.58. The highest BCUT2D eigenvalue weighted by atomic mass is 35.5. The molecule has 1 N–H and O–H groups in total. The van der Waals surface area contributed by atoms with Gasteiger partial charge in [-0.25, -0.2) is 13.1 Å². The van der Waals surface area contributed by atoms with Crippen LogP contribution in [0, 0.1) is 0 Å². The van der Waals surface area contributed by atoms with Crippen LogP contribution in [0.4, 0.5) is 0 Å². The zero-order valence-electron chi connectivity index (χ0n) is 12.3. The molecule has 0 heterocycles. The summed E-state index contributed by atoms with van der Waals surface area (Å²) < 4.78 is 27.1. The van der Waals surface area contributed by atoms with Crippen molar-refractivity contribution in [2.24, 2.45) is 0 Å². The van der Waals surface area contributed by atoms with Crippen LogP contribution in [0.25, 0.3) is 0 Å². The second kappa shape index (κ2) is 7.01. The first-order chi connectivity index (χ1) is 10.3. The third-order valence-electron chi connectivity index (χ3n) is 3.34. The van der Waals surface area contributed by atoms with E-state index in [2.05, 4.69) is 18.6 Å². The Balaban J connectivity index is 2.16. The maximum Gasteiger partial charge on any atom is 0.240 e. The van der Waals surface area contributed by atoms with E-state index < -0.39 is 10.0 Å². The van der Waals surface area contributed by atoms with E-state index >= 15 is 0 Å². The SMILES string of the molecule is CC(C)c1ccc(S(=O)(=O)NCc2cccc(Cl)c2Cl)cc1. The van der Waals surface area contributed by atoms with Gasteiger partial charge in [0.25, 0.3) is 0 Å². The van der Waals surface area contributed by atoms with E-state index in [-0.39, 0.29) is 11.4 Å². The number of sulfonamides is 1. The fourth-order valence-electron chi connectivity index (χ4n) is 1.97. The normalized spacial score (nSPS) is 11.9. The highest BCUT2D eigenvalue weighted by Gasteiger charge is 2.15. The summed E-state index contributed by atoms with van der Waals surface area (Å²) in [6, 6.07) is 12.0. The van der Waals surface area contributed by atoms with Crippen molar-refractivity contribution < 1.29 is 8.42 Å². The third kappa shape index (κ3) is 4.02. The van der Waals surface area contributed by atoms with Gasteiger partial charge < -0.3 is 0 Å². The molecule has 0 fully saturated rings. The van der Waals surface area contributed by atoms with E-state index in [9.17, 15) is 8.42 Å². The van der Waals surface area contributed by atoms with Gasteiger partial charge >= 0.3 is 0 Å². The summed E-state index contributed by atoms with van der Waals surface area (Å²) >= 11 is 12.0. The highest BCUT2D eigenvalue weighted by Crippen LogP contribution is 2.25. The van der Waals surface area contributed by atoms with Gasteiger partial charge in [-0.05, 0) is 35.2 Å². The van der Waals surface area contributed by atoms with Gasteiger partial charge in [-0.1, -0.05) is 61.3 Å². The van der Waals surface area contributed by atoms with Gasteiger partial charge in [-0.2, -0.15) is 0 Å². The molecule has 0 amide bonds. The summed E-state index contributed by atoms with van der Waals surface area (Å²) in [6.07, 6.45) is 0. The van der Waals surface area contributed by atoms with Gasteiger partial charge in [0.1, 0.15) is 0 Å². The Morgan fingerprint density at radius 3 is 2.27 bits per heavy atom. The van der Waals surface area contributed by atoms with Gasteiger partial charge in [0.2, 0.25) is 10.0 Å². The smallest absolute Gasteiger partial charge is 0.207 e. The number of benzene rings is 2. The summed E-state index contributed by atoms with van der Waals surface area (Å²) in [4.78, 5) is 0.232. The van der Waals surface area contributed by atoms with Crippen LogP contribution >= 0.6 is 23.2 Å². The average Bonchev–Trinajstić information content (AvgIpc) is 2.49. The molecule has 3 nitrogen and oxygen atoms in total. The van der Waals surface area contributed by atoms with Crippen molar-refractivity contribution in [2.45, 2.75) is 31.2 Å². The first-order valence-corrected chi connectivity index (χ1v) is 9.07. The van der Waals surface area contributed by atoms with E-state index in [1.807, 2.05) is 12.1 Å². The van der Waals surface area contributed by atoms with Crippen molar-refractivity contribution in [1.82, 2.24) is 4.72 Å². The first kappa shape index (κ1) is 17.3. The minimum Gasteiger partial charge on any atom is -0.207 e.